The van der Waals surface area contributed by atoms with Crippen LogP contribution in [0, 0.1) is 11.8 Å². The molecule has 1 saturated carbocycles. The lowest BCUT2D eigenvalue weighted by molar-refractivity contribution is -0.154. The van der Waals surface area contributed by atoms with Crippen molar-refractivity contribution >= 4 is 5.97 Å². The third-order valence-electron chi connectivity index (χ3n) is 2.67. The van der Waals surface area contributed by atoms with Crippen molar-refractivity contribution in [1.82, 2.24) is 0 Å². The summed E-state index contributed by atoms with van der Waals surface area (Å²) in [6, 6.07) is 0. The molecule has 1 N–H and O–H groups in total. The highest BCUT2D eigenvalue weighted by molar-refractivity contribution is 5.73. The second-order valence-electron chi connectivity index (χ2n) is 4.04. The van der Waals surface area contributed by atoms with Crippen LogP contribution in [0.25, 0.3) is 0 Å². The van der Waals surface area contributed by atoms with E-state index < -0.39 is 5.60 Å². The summed E-state index contributed by atoms with van der Waals surface area (Å²) in [4.78, 5) is 11.0. The van der Waals surface area contributed by atoms with Gasteiger partial charge in [0.15, 0.2) is 0 Å². The molecule has 0 spiro atoms. The molecule has 0 unspecified atom stereocenters. The van der Waals surface area contributed by atoms with E-state index in [1.54, 1.807) is 13.8 Å². The minimum Gasteiger partial charge on any atom is -0.469 e. The zero-order valence-corrected chi connectivity index (χ0v) is 7.83. The molecule has 1 fully saturated rings. The Morgan fingerprint density at radius 3 is 2.33 bits per heavy atom. The molecule has 0 saturated heterocycles. The monoisotopic (exact) mass is 172 g/mol. The molecule has 0 radical (unpaired) electrons. The molecule has 0 aromatic rings. The zero-order valence-electron chi connectivity index (χ0n) is 7.83. The Hall–Kier alpha value is -0.570. The van der Waals surface area contributed by atoms with Crippen LogP contribution in [0.5, 0.6) is 0 Å². The quantitative estimate of drug-likeness (QED) is 0.631. The van der Waals surface area contributed by atoms with Gasteiger partial charge in [-0.3, -0.25) is 4.79 Å². The molecular weight excluding hydrogens is 156 g/mol. The molecule has 0 aliphatic heterocycles. The number of hydrogen-bond acceptors (Lipinski definition) is 3. The minimum absolute atomic E-state index is 0.0198. The van der Waals surface area contributed by atoms with Crippen LogP contribution >= 0.6 is 0 Å². The predicted molar refractivity (Wildman–Crippen MR) is 44.5 cm³/mol. The Bertz CT molecular complexity index is 175. The van der Waals surface area contributed by atoms with Crippen LogP contribution in [-0.2, 0) is 9.53 Å². The Morgan fingerprint density at radius 1 is 1.50 bits per heavy atom. The Morgan fingerprint density at radius 2 is 2.00 bits per heavy atom. The van der Waals surface area contributed by atoms with Crippen molar-refractivity contribution in [3.8, 4) is 0 Å². The van der Waals surface area contributed by atoms with Crippen molar-refractivity contribution in [2.45, 2.75) is 32.3 Å². The largest absolute Gasteiger partial charge is 0.469 e. The van der Waals surface area contributed by atoms with E-state index in [-0.39, 0.29) is 17.8 Å². The lowest BCUT2D eigenvalue weighted by Gasteiger charge is -2.40. The highest BCUT2D eigenvalue weighted by atomic mass is 16.5. The summed E-state index contributed by atoms with van der Waals surface area (Å²) in [6.07, 6.45) is 1.52. The number of methoxy groups -OCH3 is 1. The van der Waals surface area contributed by atoms with E-state index in [0.717, 1.165) is 12.8 Å². The molecule has 0 amide bonds. The topological polar surface area (TPSA) is 46.5 Å². The first-order valence-corrected chi connectivity index (χ1v) is 4.25. The van der Waals surface area contributed by atoms with E-state index in [4.69, 9.17) is 0 Å². The summed E-state index contributed by atoms with van der Waals surface area (Å²) < 4.78 is 4.59. The number of hydrogen-bond donors (Lipinski definition) is 1. The number of rotatable bonds is 2. The highest BCUT2D eigenvalue weighted by Crippen LogP contribution is 2.41. The third-order valence-corrected chi connectivity index (χ3v) is 2.67. The van der Waals surface area contributed by atoms with Gasteiger partial charge < -0.3 is 9.84 Å². The lowest BCUT2D eigenvalue weighted by atomic mass is 9.67. The molecule has 0 aromatic carbocycles. The average Bonchev–Trinajstić information content (AvgIpc) is 1.80. The van der Waals surface area contributed by atoms with E-state index in [1.165, 1.54) is 7.11 Å². The maximum atomic E-state index is 11.0. The normalized spacial score (nSPS) is 29.3. The Balaban J connectivity index is 2.34. The van der Waals surface area contributed by atoms with Gasteiger partial charge in [-0.2, -0.15) is 0 Å². The molecule has 12 heavy (non-hydrogen) atoms. The van der Waals surface area contributed by atoms with Crippen LogP contribution < -0.4 is 0 Å². The SMILES string of the molecule is COC(=O)C1CC(C(C)(C)O)C1. The first-order chi connectivity index (χ1) is 5.45. The van der Waals surface area contributed by atoms with Crippen LogP contribution in [0.15, 0.2) is 0 Å². The molecule has 1 aliphatic carbocycles. The summed E-state index contributed by atoms with van der Waals surface area (Å²) in [6.45, 7) is 3.57. The summed E-state index contributed by atoms with van der Waals surface area (Å²) in [7, 11) is 1.40. The summed E-state index contributed by atoms with van der Waals surface area (Å²) >= 11 is 0. The summed E-state index contributed by atoms with van der Waals surface area (Å²) in [5.41, 5.74) is -0.648. The van der Waals surface area contributed by atoms with Gasteiger partial charge in [0.05, 0.1) is 18.6 Å². The summed E-state index contributed by atoms with van der Waals surface area (Å²) in [5.74, 6) is 0.128. The van der Waals surface area contributed by atoms with Gasteiger partial charge in [-0.05, 0) is 32.6 Å². The van der Waals surface area contributed by atoms with Crippen molar-refractivity contribution in [3.05, 3.63) is 0 Å². The second-order valence-corrected chi connectivity index (χ2v) is 4.04. The van der Waals surface area contributed by atoms with Crippen molar-refractivity contribution in [2.75, 3.05) is 7.11 Å². The number of aliphatic hydroxyl groups is 1. The molecule has 3 nitrogen and oxygen atoms in total. The van der Waals surface area contributed by atoms with E-state index in [9.17, 15) is 9.90 Å². The van der Waals surface area contributed by atoms with E-state index in [0.29, 0.717) is 0 Å². The van der Waals surface area contributed by atoms with E-state index in [2.05, 4.69) is 4.74 Å². The Labute approximate surface area is 72.7 Å². The molecule has 0 aromatic heterocycles. The van der Waals surface area contributed by atoms with Crippen LogP contribution in [0.1, 0.15) is 26.7 Å². The smallest absolute Gasteiger partial charge is 0.308 e. The molecule has 3 heteroatoms. The van der Waals surface area contributed by atoms with Crippen molar-refractivity contribution in [2.24, 2.45) is 11.8 Å². The van der Waals surface area contributed by atoms with Crippen molar-refractivity contribution in [3.63, 3.8) is 0 Å². The molecule has 1 rings (SSSR count). The molecular formula is C9H16O3. The molecule has 1 aliphatic rings. The van der Waals surface area contributed by atoms with Gasteiger partial charge in [0.25, 0.3) is 0 Å². The lowest BCUT2D eigenvalue weighted by Crippen LogP contribution is -2.43. The number of esters is 1. The van der Waals surface area contributed by atoms with E-state index in [1.807, 2.05) is 0 Å². The fourth-order valence-electron chi connectivity index (χ4n) is 1.55. The molecule has 0 atom stereocenters. The van der Waals surface area contributed by atoms with Gasteiger partial charge in [-0.15, -0.1) is 0 Å². The maximum absolute atomic E-state index is 11.0. The van der Waals surface area contributed by atoms with Gasteiger partial charge in [0, 0.05) is 0 Å². The van der Waals surface area contributed by atoms with Crippen molar-refractivity contribution < 1.29 is 14.6 Å². The van der Waals surface area contributed by atoms with Crippen LogP contribution in [0.3, 0.4) is 0 Å². The summed E-state index contributed by atoms with van der Waals surface area (Å²) in [5, 5.41) is 9.56. The molecule has 0 heterocycles. The predicted octanol–water partition coefficient (Wildman–Crippen LogP) is 0.956. The fraction of sp³-hybridized carbons (Fsp3) is 0.889. The molecule has 70 valence electrons. The van der Waals surface area contributed by atoms with Gasteiger partial charge in [-0.25, -0.2) is 0 Å². The first-order valence-electron chi connectivity index (χ1n) is 4.25. The van der Waals surface area contributed by atoms with Crippen LogP contribution in [0.4, 0.5) is 0 Å². The fourth-order valence-corrected chi connectivity index (χ4v) is 1.55. The molecule has 0 bridgehead atoms. The minimum atomic E-state index is -0.648. The number of ether oxygens (including phenoxy) is 1. The van der Waals surface area contributed by atoms with Crippen LogP contribution in [-0.4, -0.2) is 23.8 Å². The van der Waals surface area contributed by atoms with Crippen LogP contribution in [0.2, 0.25) is 0 Å². The average molecular weight is 172 g/mol. The van der Waals surface area contributed by atoms with Gasteiger partial charge in [0.2, 0.25) is 0 Å². The maximum Gasteiger partial charge on any atom is 0.308 e. The number of carbonyl (C=O) groups excluding carboxylic acids is 1. The van der Waals surface area contributed by atoms with Gasteiger partial charge in [-0.1, -0.05) is 0 Å². The first kappa shape index (κ1) is 9.52. The zero-order chi connectivity index (χ0) is 9.35. The standard InChI is InChI=1S/C9H16O3/c1-9(2,11)7-4-6(5-7)8(10)12-3/h6-7,11H,4-5H2,1-3H3. The van der Waals surface area contributed by atoms with Gasteiger partial charge in [0.1, 0.15) is 0 Å². The van der Waals surface area contributed by atoms with E-state index >= 15 is 0 Å². The Kier molecular flexibility index (Phi) is 2.42. The van der Waals surface area contributed by atoms with Crippen molar-refractivity contribution in [1.29, 1.82) is 0 Å². The second kappa shape index (κ2) is 3.05. The highest BCUT2D eigenvalue weighted by Gasteiger charge is 2.42. The number of carbonyl (C=O) groups is 1. The van der Waals surface area contributed by atoms with Gasteiger partial charge >= 0.3 is 5.97 Å². The third kappa shape index (κ3) is 1.78.